The van der Waals surface area contributed by atoms with Gasteiger partial charge in [-0.25, -0.2) is 0 Å². The van der Waals surface area contributed by atoms with Gasteiger partial charge < -0.3 is 24.4 Å². The molecule has 2 aliphatic heterocycles. The summed E-state index contributed by atoms with van der Waals surface area (Å²) in [6, 6.07) is 33.2. The van der Waals surface area contributed by atoms with Gasteiger partial charge in [0.25, 0.3) is 0 Å². The molecule has 3 atom stereocenters. The highest BCUT2D eigenvalue weighted by Gasteiger charge is 2.50. The number of Topliss-reactive ketones (excluding diaryl/α,β-unsaturated/α-hetero) is 1. The molecule has 2 amide bonds. The van der Waals surface area contributed by atoms with Crippen LogP contribution in [0.5, 0.6) is 11.5 Å². The van der Waals surface area contributed by atoms with Gasteiger partial charge in [0.15, 0.2) is 5.78 Å². The Labute approximate surface area is 277 Å². The molecule has 1 N–H and O–H groups in total. The minimum absolute atomic E-state index is 0. The molecule has 0 aromatic heterocycles. The number of methoxy groups -OCH3 is 2. The molecule has 2 saturated heterocycles. The normalized spacial score (nSPS) is 21.0. The minimum atomic E-state index is -1.03. The van der Waals surface area contributed by atoms with Crippen LogP contribution in [0.3, 0.4) is 0 Å². The van der Waals surface area contributed by atoms with Crippen molar-refractivity contribution in [3.05, 3.63) is 120 Å². The van der Waals surface area contributed by atoms with E-state index in [1.165, 1.54) is 0 Å². The van der Waals surface area contributed by atoms with Crippen LogP contribution in [0.1, 0.15) is 56.1 Å². The van der Waals surface area contributed by atoms with Crippen LogP contribution in [-0.2, 0) is 9.59 Å². The molecule has 0 unspecified atom stereocenters. The first-order valence-corrected chi connectivity index (χ1v) is 15.4. The van der Waals surface area contributed by atoms with E-state index in [0.717, 1.165) is 11.3 Å². The Kier molecular flexibility index (Phi) is 10.9. The number of hydrogen-bond acceptors (Lipinski definition) is 6. The third kappa shape index (κ3) is 6.65. The monoisotopic (exact) mass is 636 g/mol. The van der Waals surface area contributed by atoms with Gasteiger partial charge in [0.1, 0.15) is 16.9 Å². The lowest BCUT2D eigenvalue weighted by atomic mass is 9.79. The molecule has 47 heavy (non-hydrogen) atoms. The Hall–Kier alpha value is -4.95. The molecule has 2 heterocycles. The average molecular weight is 637 g/mol. The molecule has 0 radical (unpaired) electrons. The van der Waals surface area contributed by atoms with Crippen LogP contribution in [0.2, 0.25) is 0 Å². The lowest BCUT2D eigenvalue weighted by Crippen LogP contribution is -2.38. The van der Waals surface area contributed by atoms with Gasteiger partial charge in [-0.05, 0) is 56.5 Å². The fourth-order valence-electron chi connectivity index (χ4n) is 6.24. The van der Waals surface area contributed by atoms with Crippen LogP contribution >= 0.6 is 0 Å². The van der Waals surface area contributed by atoms with Gasteiger partial charge >= 0.3 is 0 Å². The maximum atomic E-state index is 13.0. The number of hydrogen-bond donors (Lipinski definition) is 1. The van der Waals surface area contributed by atoms with Gasteiger partial charge in [0.05, 0.1) is 37.1 Å². The van der Waals surface area contributed by atoms with E-state index in [0.29, 0.717) is 48.7 Å². The summed E-state index contributed by atoms with van der Waals surface area (Å²) in [5, 5.41) is 10.8. The van der Waals surface area contributed by atoms with Crippen molar-refractivity contribution in [2.45, 2.75) is 40.2 Å². The molecular weight excluding hydrogens is 592 g/mol. The first-order chi connectivity index (χ1) is 22.2. The van der Waals surface area contributed by atoms with E-state index >= 15 is 0 Å². The molecular formula is C39H44N2O6. The van der Waals surface area contributed by atoms with E-state index in [1.54, 1.807) is 43.1 Å². The summed E-state index contributed by atoms with van der Waals surface area (Å²) in [5.74, 6) is 0.936. The van der Waals surface area contributed by atoms with Gasteiger partial charge in [-0.1, -0.05) is 92.4 Å². The number of aliphatic hydroxyl groups is 1. The van der Waals surface area contributed by atoms with Crippen molar-refractivity contribution in [1.82, 2.24) is 0 Å². The van der Waals surface area contributed by atoms with Crippen LogP contribution in [0.25, 0.3) is 0 Å². The quantitative estimate of drug-likeness (QED) is 0.163. The molecule has 8 heteroatoms. The molecule has 4 aromatic rings. The number of rotatable bonds is 8. The van der Waals surface area contributed by atoms with Crippen LogP contribution in [-0.4, -0.2) is 50.0 Å². The second-order valence-corrected chi connectivity index (χ2v) is 12.0. The summed E-state index contributed by atoms with van der Waals surface area (Å²) in [4.78, 5) is 42.2. The number of carbonyl (C=O) groups excluding carboxylic acids is 3. The largest absolute Gasteiger partial charge is 0.495 e. The zero-order valence-corrected chi connectivity index (χ0v) is 26.7. The fourth-order valence-corrected chi connectivity index (χ4v) is 6.24. The van der Waals surface area contributed by atoms with Crippen molar-refractivity contribution in [2.24, 2.45) is 10.8 Å². The van der Waals surface area contributed by atoms with Crippen LogP contribution in [0.15, 0.2) is 109 Å². The predicted octanol–water partition coefficient (Wildman–Crippen LogP) is 7.13. The fraction of sp³-hybridized carbons (Fsp3) is 0.308. The summed E-state index contributed by atoms with van der Waals surface area (Å²) in [7, 11) is 3.17. The molecule has 2 aliphatic rings. The van der Waals surface area contributed by atoms with E-state index in [1.807, 2.05) is 104 Å². The maximum Gasteiger partial charge on any atom is 0.240 e. The average Bonchev–Trinajstić information content (AvgIpc) is 3.59. The second-order valence-electron chi connectivity index (χ2n) is 12.0. The lowest BCUT2D eigenvalue weighted by molar-refractivity contribution is -0.130. The zero-order valence-electron chi connectivity index (χ0n) is 26.7. The number of nitrogens with zero attached hydrogens (tertiary/aromatic N) is 2. The highest BCUT2D eigenvalue weighted by Crippen LogP contribution is 2.46. The Morgan fingerprint density at radius 2 is 1.13 bits per heavy atom. The van der Waals surface area contributed by atoms with Crippen LogP contribution in [0.4, 0.5) is 11.4 Å². The lowest BCUT2D eigenvalue weighted by Gasteiger charge is -2.29. The van der Waals surface area contributed by atoms with E-state index in [4.69, 9.17) is 9.47 Å². The molecule has 0 saturated carbocycles. The number of carbonyl (C=O) groups is 3. The van der Waals surface area contributed by atoms with Gasteiger partial charge in [0, 0.05) is 18.7 Å². The molecule has 246 valence electrons. The summed E-state index contributed by atoms with van der Waals surface area (Å²) in [6.07, 6.45) is 0.272. The topological polar surface area (TPSA) is 96.4 Å². The molecule has 8 nitrogen and oxygen atoms in total. The number of aliphatic hydroxyl groups excluding tert-OH is 1. The zero-order chi connectivity index (χ0) is 32.9. The predicted molar refractivity (Wildman–Crippen MR) is 185 cm³/mol. The van der Waals surface area contributed by atoms with E-state index in [2.05, 4.69) is 0 Å². The van der Waals surface area contributed by atoms with Gasteiger partial charge in [-0.3, -0.25) is 14.4 Å². The number of benzene rings is 4. The van der Waals surface area contributed by atoms with E-state index in [-0.39, 0.29) is 25.0 Å². The number of ether oxygens (including phenoxy) is 2. The minimum Gasteiger partial charge on any atom is -0.495 e. The standard InChI is InChI=1S/C19H21NO3.C19H19NO3.CH4/c2*1-19(17(21)14-8-4-3-5-9-14)12-13-20(18(19)22)15-10-6-7-11-16(15)23-2;/h3-11,17,21H,12-13H2,1-2H3;3-11H,12-13H2,1-2H3;1H4/t17-,19-;19-;/m00./s1. The van der Waals surface area contributed by atoms with Crippen molar-refractivity contribution in [3.63, 3.8) is 0 Å². The molecule has 0 bridgehead atoms. The Balaban J connectivity index is 0.000000208. The second kappa shape index (κ2) is 14.6. The number of amides is 2. The summed E-state index contributed by atoms with van der Waals surface area (Å²) >= 11 is 0. The van der Waals surface area contributed by atoms with Gasteiger partial charge in [-0.15, -0.1) is 0 Å². The SMILES string of the molecule is C.COc1ccccc1N1CC[C@@](C)(C(=O)c2ccccc2)C1=O.COc1ccccc1N1CC[C@@](C)([C@@H](O)c2ccccc2)C1=O. The van der Waals surface area contributed by atoms with Gasteiger partial charge in [0.2, 0.25) is 11.8 Å². The number of para-hydroxylation sites is 4. The summed E-state index contributed by atoms with van der Waals surface area (Å²) in [5.41, 5.74) is 0.953. The smallest absolute Gasteiger partial charge is 0.240 e. The van der Waals surface area contributed by atoms with Crippen molar-refractivity contribution >= 4 is 29.0 Å². The van der Waals surface area contributed by atoms with Crippen molar-refractivity contribution < 1.29 is 29.0 Å². The van der Waals surface area contributed by atoms with Crippen LogP contribution < -0.4 is 19.3 Å². The van der Waals surface area contributed by atoms with Gasteiger partial charge in [-0.2, -0.15) is 0 Å². The highest BCUT2D eigenvalue weighted by molar-refractivity contribution is 6.19. The van der Waals surface area contributed by atoms with Crippen molar-refractivity contribution in [3.8, 4) is 11.5 Å². The molecule has 0 spiro atoms. The third-order valence-corrected chi connectivity index (χ3v) is 9.15. The van der Waals surface area contributed by atoms with Crippen molar-refractivity contribution in [2.75, 3.05) is 37.1 Å². The maximum absolute atomic E-state index is 13.0. The Morgan fingerprint density at radius 3 is 1.66 bits per heavy atom. The number of ketones is 1. The Bertz CT molecular complexity index is 1690. The third-order valence-electron chi connectivity index (χ3n) is 9.15. The molecule has 6 rings (SSSR count). The molecule has 2 fully saturated rings. The van der Waals surface area contributed by atoms with Crippen molar-refractivity contribution in [1.29, 1.82) is 0 Å². The first-order valence-electron chi connectivity index (χ1n) is 15.4. The Morgan fingerprint density at radius 1 is 0.681 bits per heavy atom. The molecule has 4 aromatic carbocycles. The van der Waals surface area contributed by atoms with E-state index < -0.39 is 16.9 Å². The summed E-state index contributed by atoms with van der Waals surface area (Å²) in [6.45, 7) is 4.65. The highest BCUT2D eigenvalue weighted by atomic mass is 16.5. The summed E-state index contributed by atoms with van der Waals surface area (Å²) < 4.78 is 10.7. The number of anilines is 2. The van der Waals surface area contributed by atoms with E-state index in [9.17, 15) is 19.5 Å². The molecule has 0 aliphatic carbocycles. The first kappa shape index (κ1) is 34.9. The van der Waals surface area contributed by atoms with Crippen LogP contribution in [0, 0.1) is 10.8 Å².